The van der Waals surface area contributed by atoms with Gasteiger partial charge in [0.15, 0.2) is 4.34 Å². The van der Waals surface area contributed by atoms with Gasteiger partial charge in [-0.15, -0.1) is 11.3 Å². The Hall–Kier alpha value is -0.590. The monoisotopic (exact) mass is 383 g/mol. The number of halogens is 1. The summed E-state index contributed by atoms with van der Waals surface area (Å²) in [6.07, 6.45) is 0. The van der Waals surface area contributed by atoms with Crippen LogP contribution in [-0.4, -0.2) is 4.98 Å². The van der Waals surface area contributed by atoms with E-state index in [9.17, 15) is 0 Å². The molecule has 0 atom stereocenters. The molecule has 0 radical (unpaired) electrons. The second kappa shape index (κ2) is 5.59. The van der Waals surface area contributed by atoms with E-state index in [4.69, 9.17) is 0 Å². The predicted octanol–water partition coefficient (Wildman–Crippen LogP) is 5.19. The summed E-state index contributed by atoms with van der Waals surface area (Å²) >= 11 is 5.91. The Labute approximate surface area is 128 Å². The summed E-state index contributed by atoms with van der Waals surface area (Å²) in [5.41, 5.74) is 2.45. The minimum Gasteiger partial charge on any atom is -0.230 e. The molecule has 3 rings (SSSR count). The second-order valence-electron chi connectivity index (χ2n) is 3.86. The van der Waals surface area contributed by atoms with E-state index in [-0.39, 0.29) is 0 Å². The van der Waals surface area contributed by atoms with Gasteiger partial charge in [0.2, 0.25) is 0 Å². The molecule has 0 unspecified atom stereocenters. The average Bonchev–Trinajstić information content (AvgIpc) is 2.81. The lowest BCUT2D eigenvalue weighted by Gasteiger charge is -1.98. The van der Waals surface area contributed by atoms with Crippen molar-refractivity contribution in [3.63, 3.8) is 0 Å². The van der Waals surface area contributed by atoms with Gasteiger partial charge in [-0.05, 0) is 52.4 Å². The highest BCUT2D eigenvalue weighted by molar-refractivity contribution is 14.1. The molecule has 0 saturated carbocycles. The number of aromatic nitrogens is 1. The first kappa shape index (κ1) is 12.4. The Morgan fingerprint density at radius 3 is 2.61 bits per heavy atom. The summed E-state index contributed by atoms with van der Waals surface area (Å²) in [6.45, 7) is 0. The van der Waals surface area contributed by atoms with E-state index in [1.807, 2.05) is 17.8 Å². The van der Waals surface area contributed by atoms with Gasteiger partial charge < -0.3 is 0 Å². The van der Waals surface area contributed by atoms with Gasteiger partial charge in [0, 0.05) is 9.32 Å². The lowest BCUT2D eigenvalue weighted by atomic mass is 10.2. The third kappa shape index (κ3) is 2.87. The lowest BCUT2D eigenvalue weighted by molar-refractivity contribution is 1.29. The zero-order chi connectivity index (χ0) is 12.4. The van der Waals surface area contributed by atoms with Gasteiger partial charge in [-0.3, -0.25) is 0 Å². The number of nitrogens with zero attached hydrogens (tertiary/aromatic N) is 1. The standard InChI is InChI=1S/C14H10INS2/c15-11-7-5-10(6-8-11)9-17-14-16-12-3-1-2-4-13(12)18-14/h1-8H,9H2. The van der Waals surface area contributed by atoms with Crippen LogP contribution in [0.1, 0.15) is 5.56 Å². The van der Waals surface area contributed by atoms with Crippen LogP contribution in [0.4, 0.5) is 0 Å². The summed E-state index contributed by atoms with van der Waals surface area (Å²) in [5.74, 6) is 0.983. The van der Waals surface area contributed by atoms with E-state index in [2.05, 4.69) is 70.0 Å². The maximum absolute atomic E-state index is 4.63. The van der Waals surface area contributed by atoms with Crippen molar-refractivity contribution in [2.75, 3.05) is 0 Å². The van der Waals surface area contributed by atoms with Gasteiger partial charge in [-0.2, -0.15) is 0 Å². The molecule has 18 heavy (non-hydrogen) atoms. The van der Waals surface area contributed by atoms with E-state index < -0.39 is 0 Å². The Morgan fingerprint density at radius 2 is 1.83 bits per heavy atom. The van der Waals surface area contributed by atoms with E-state index in [0.29, 0.717) is 0 Å². The van der Waals surface area contributed by atoms with Gasteiger partial charge in [-0.1, -0.05) is 36.0 Å². The van der Waals surface area contributed by atoms with Crippen LogP contribution in [0.5, 0.6) is 0 Å². The molecule has 1 nitrogen and oxygen atoms in total. The van der Waals surface area contributed by atoms with Crippen LogP contribution in [0.15, 0.2) is 52.9 Å². The Balaban J connectivity index is 1.74. The first-order chi connectivity index (χ1) is 8.81. The van der Waals surface area contributed by atoms with Crippen LogP contribution in [-0.2, 0) is 5.75 Å². The molecule has 90 valence electrons. The van der Waals surface area contributed by atoms with E-state index in [1.54, 1.807) is 11.3 Å². The molecular weight excluding hydrogens is 373 g/mol. The molecule has 0 aliphatic rings. The minimum absolute atomic E-state index is 0.983. The number of fused-ring (bicyclic) bond motifs is 1. The van der Waals surface area contributed by atoms with Gasteiger partial charge in [0.1, 0.15) is 0 Å². The Bertz CT molecular complexity index is 628. The predicted molar refractivity (Wildman–Crippen MR) is 88.3 cm³/mol. The summed E-state index contributed by atoms with van der Waals surface area (Å²) in [5, 5.41) is 0. The van der Waals surface area contributed by atoms with Crippen LogP contribution in [0.25, 0.3) is 10.2 Å². The maximum Gasteiger partial charge on any atom is 0.151 e. The van der Waals surface area contributed by atoms with Crippen molar-refractivity contribution >= 4 is 55.9 Å². The lowest BCUT2D eigenvalue weighted by Crippen LogP contribution is -1.80. The number of para-hydroxylation sites is 1. The SMILES string of the molecule is Ic1ccc(CSc2nc3ccccc3s2)cc1. The quantitative estimate of drug-likeness (QED) is 0.456. The highest BCUT2D eigenvalue weighted by atomic mass is 127. The van der Waals surface area contributed by atoms with Gasteiger partial charge >= 0.3 is 0 Å². The number of thiazole rings is 1. The molecule has 1 aromatic heterocycles. The van der Waals surface area contributed by atoms with E-state index in [0.717, 1.165) is 15.6 Å². The van der Waals surface area contributed by atoms with E-state index in [1.165, 1.54) is 13.8 Å². The van der Waals surface area contributed by atoms with Crippen molar-refractivity contribution in [1.29, 1.82) is 0 Å². The van der Waals surface area contributed by atoms with Crippen LogP contribution in [0.2, 0.25) is 0 Å². The molecule has 0 N–H and O–H groups in total. The summed E-state index contributed by atoms with van der Waals surface area (Å²) < 4.78 is 3.69. The van der Waals surface area contributed by atoms with Crippen molar-refractivity contribution in [1.82, 2.24) is 4.98 Å². The molecule has 4 heteroatoms. The number of benzene rings is 2. The molecule has 3 aromatic rings. The van der Waals surface area contributed by atoms with E-state index >= 15 is 0 Å². The van der Waals surface area contributed by atoms with Crippen molar-refractivity contribution in [3.05, 3.63) is 57.7 Å². The number of hydrogen-bond donors (Lipinski definition) is 0. The molecule has 0 aliphatic heterocycles. The third-order valence-corrected chi connectivity index (χ3v) is 5.52. The summed E-state index contributed by atoms with van der Waals surface area (Å²) in [6, 6.07) is 17.0. The van der Waals surface area contributed by atoms with Crippen LogP contribution >= 0.6 is 45.7 Å². The van der Waals surface area contributed by atoms with Gasteiger partial charge in [0.05, 0.1) is 10.2 Å². The first-order valence-electron chi connectivity index (χ1n) is 5.54. The molecule has 2 aromatic carbocycles. The fourth-order valence-corrected chi connectivity index (χ4v) is 4.02. The fraction of sp³-hybridized carbons (Fsp3) is 0.0714. The molecule has 0 bridgehead atoms. The van der Waals surface area contributed by atoms with Crippen molar-refractivity contribution in [3.8, 4) is 0 Å². The maximum atomic E-state index is 4.63. The van der Waals surface area contributed by atoms with Crippen molar-refractivity contribution in [2.24, 2.45) is 0 Å². The molecule has 0 saturated heterocycles. The number of thioether (sulfide) groups is 1. The Kier molecular flexibility index (Phi) is 3.86. The first-order valence-corrected chi connectivity index (χ1v) is 8.42. The normalized spacial score (nSPS) is 10.9. The zero-order valence-corrected chi connectivity index (χ0v) is 13.3. The third-order valence-electron chi connectivity index (χ3n) is 2.55. The molecule has 1 heterocycles. The largest absolute Gasteiger partial charge is 0.230 e. The van der Waals surface area contributed by atoms with Crippen molar-refractivity contribution < 1.29 is 0 Å². The highest BCUT2D eigenvalue weighted by Crippen LogP contribution is 2.31. The molecule has 0 aliphatic carbocycles. The average molecular weight is 383 g/mol. The number of hydrogen-bond acceptors (Lipinski definition) is 3. The topological polar surface area (TPSA) is 12.9 Å². The van der Waals surface area contributed by atoms with Gasteiger partial charge in [0.25, 0.3) is 0 Å². The summed E-state index contributed by atoms with van der Waals surface area (Å²) in [4.78, 5) is 4.63. The Morgan fingerprint density at radius 1 is 1.06 bits per heavy atom. The zero-order valence-electron chi connectivity index (χ0n) is 9.47. The minimum atomic E-state index is 0.983. The molecular formula is C14H10INS2. The molecule has 0 amide bonds. The number of rotatable bonds is 3. The smallest absolute Gasteiger partial charge is 0.151 e. The van der Waals surface area contributed by atoms with Crippen LogP contribution in [0, 0.1) is 3.57 Å². The molecule has 0 fully saturated rings. The van der Waals surface area contributed by atoms with Crippen LogP contribution in [0.3, 0.4) is 0 Å². The van der Waals surface area contributed by atoms with Gasteiger partial charge in [-0.25, -0.2) is 4.98 Å². The van der Waals surface area contributed by atoms with Crippen molar-refractivity contribution in [2.45, 2.75) is 10.1 Å². The second-order valence-corrected chi connectivity index (χ2v) is 7.36. The highest BCUT2D eigenvalue weighted by Gasteiger charge is 2.03. The fourth-order valence-electron chi connectivity index (χ4n) is 1.64. The summed E-state index contributed by atoms with van der Waals surface area (Å²) in [7, 11) is 0. The molecule has 0 spiro atoms. The van der Waals surface area contributed by atoms with Crippen LogP contribution < -0.4 is 0 Å².